The Labute approximate surface area is 128 Å². The Morgan fingerprint density at radius 2 is 1.86 bits per heavy atom. The van der Waals surface area contributed by atoms with Crippen LogP contribution in [-0.4, -0.2) is 89.8 Å². The fourth-order valence-corrected chi connectivity index (χ4v) is 3.35. The zero-order chi connectivity index (χ0) is 16.3. The Hall–Kier alpha value is -0.860. The molecule has 0 aliphatic carbocycles. The molecular formula is C14H24F3N3O2. The molecule has 0 spiro atoms. The number of hydrogen-bond acceptors (Lipinski definition) is 4. The van der Waals surface area contributed by atoms with Crippen molar-refractivity contribution in [3.05, 3.63) is 0 Å². The average Bonchev–Trinajstić information content (AvgIpc) is 2.81. The minimum Gasteiger partial charge on any atom is -0.395 e. The molecule has 2 fully saturated rings. The molecule has 2 aliphatic heterocycles. The molecule has 8 heteroatoms. The second-order valence-electron chi connectivity index (χ2n) is 6.00. The molecule has 0 aromatic rings. The molecule has 0 saturated carbocycles. The molecule has 2 unspecified atom stereocenters. The van der Waals surface area contributed by atoms with E-state index in [4.69, 9.17) is 0 Å². The van der Waals surface area contributed by atoms with E-state index in [9.17, 15) is 23.1 Å². The van der Waals surface area contributed by atoms with E-state index >= 15 is 0 Å². The Kier molecular flexibility index (Phi) is 5.68. The Bertz CT molecular complexity index is 380. The summed E-state index contributed by atoms with van der Waals surface area (Å²) in [7, 11) is 0. The molecule has 128 valence electrons. The number of aliphatic hydroxyl groups excluding tert-OH is 1. The maximum absolute atomic E-state index is 12.4. The molecule has 0 radical (unpaired) electrons. The minimum absolute atomic E-state index is 0.109. The van der Waals surface area contributed by atoms with Crippen molar-refractivity contribution in [3.8, 4) is 0 Å². The van der Waals surface area contributed by atoms with Gasteiger partial charge < -0.3 is 10.0 Å². The van der Waals surface area contributed by atoms with Crippen LogP contribution in [0, 0.1) is 0 Å². The second-order valence-corrected chi connectivity index (χ2v) is 6.00. The smallest absolute Gasteiger partial charge is 0.395 e. The molecule has 22 heavy (non-hydrogen) atoms. The maximum atomic E-state index is 12.4. The van der Waals surface area contributed by atoms with Crippen LogP contribution in [0.5, 0.6) is 0 Å². The Morgan fingerprint density at radius 1 is 1.23 bits per heavy atom. The van der Waals surface area contributed by atoms with Gasteiger partial charge in [-0.15, -0.1) is 0 Å². The Morgan fingerprint density at radius 3 is 2.36 bits per heavy atom. The van der Waals surface area contributed by atoms with Crippen molar-refractivity contribution in [2.45, 2.75) is 38.0 Å². The monoisotopic (exact) mass is 323 g/mol. The lowest BCUT2D eigenvalue weighted by Crippen LogP contribution is -2.55. The van der Waals surface area contributed by atoms with Crippen molar-refractivity contribution in [3.63, 3.8) is 0 Å². The molecular weight excluding hydrogens is 299 g/mol. The van der Waals surface area contributed by atoms with Gasteiger partial charge in [-0.2, -0.15) is 13.2 Å². The normalized spacial score (nSPS) is 26.7. The predicted octanol–water partition coefficient (Wildman–Crippen LogP) is 0.538. The molecule has 2 rings (SSSR count). The van der Waals surface area contributed by atoms with Crippen LogP contribution in [0.25, 0.3) is 0 Å². The summed E-state index contributed by atoms with van der Waals surface area (Å²) in [5, 5.41) is 9.32. The van der Waals surface area contributed by atoms with Gasteiger partial charge in [0.05, 0.1) is 12.6 Å². The molecule has 0 aromatic carbocycles. The van der Waals surface area contributed by atoms with Crippen molar-refractivity contribution < 1.29 is 23.1 Å². The highest BCUT2D eigenvalue weighted by Gasteiger charge is 2.42. The number of halogens is 3. The summed E-state index contributed by atoms with van der Waals surface area (Å²) in [6.45, 7) is 3.95. The van der Waals surface area contributed by atoms with Gasteiger partial charge >= 0.3 is 6.18 Å². The molecule has 1 N–H and O–H groups in total. The lowest BCUT2D eigenvalue weighted by Gasteiger charge is -2.40. The van der Waals surface area contributed by atoms with Crippen LogP contribution in [-0.2, 0) is 4.79 Å². The first-order chi connectivity index (χ1) is 10.4. The number of carbonyl (C=O) groups is 1. The lowest BCUT2D eigenvalue weighted by atomic mass is 10.1. The number of amides is 1. The van der Waals surface area contributed by atoms with Gasteiger partial charge in [0, 0.05) is 38.8 Å². The predicted molar refractivity (Wildman–Crippen MR) is 75.4 cm³/mol. The molecule has 2 saturated heterocycles. The van der Waals surface area contributed by atoms with E-state index in [0.29, 0.717) is 19.5 Å². The number of alkyl halides is 3. The highest BCUT2D eigenvalue weighted by atomic mass is 19.4. The van der Waals surface area contributed by atoms with Crippen LogP contribution in [0.1, 0.15) is 19.8 Å². The molecule has 2 heterocycles. The zero-order valence-corrected chi connectivity index (χ0v) is 12.8. The fraction of sp³-hybridized carbons (Fsp3) is 0.929. The molecule has 1 amide bonds. The van der Waals surface area contributed by atoms with E-state index in [1.54, 1.807) is 0 Å². The number of nitrogens with zero attached hydrogens (tertiary/aromatic N) is 3. The molecule has 0 bridgehead atoms. The molecule has 5 nitrogen and oxygen atoms in total. The van der Waals surface area contributed by atoms with Gasteiger partial charge in [0.25, 0.3) is 0 Å². The van der Waals surface area contributed by atoms with Gasteiger partial charge in [-0.1, -0.05) is 6.92 Å². The van der Waals surface area contributed by atoms with E-state index in [1.807, 2.05) is 11.8 Å². The third kappa shape index (κ3) is 4.11. The van der Waals surface area contributed by atoms with Gasteiger partial charge in [0.2, 0.25) is 5.91 Å². The first-order valence-corrected chi connectivity index (χ1v) is 7.80. The largest absolute Gasteiger partial charge is 0.406 e. The minimum atomic E-state index is -4.33. The van der Waals surface area contributed by atoms with Crippen LogP contribution < -0.4 is 0 Å². The quantitative estimate of drug-likeness (QED) is 0.802. The first-order valence-electron chi connectivity index (χ1n) is 7.80. The van der Waals surface area contributed by atoms with E-state index in [-0.39, 0.29) is 19.2 Å². The van der Waals surface area contributed by atoms with E-state index in [0.717, 1.165) is 24.4 Å². The molecule has 0 aromatic heterocycles. The summed E-state index contributed by atoms with van der Waals surface area (Å²) in [6, 6.07) is -0.290. The zero-order valence-electron chi connectivity index (χ0n) is 12.8. The third-order valence-corrected chi connectivity index (χ3v) is 4.63. The highest BCUT2D eigenvalue weighted by molar-refractivity contribution is 5.84. The summed E-state index contributed by atoms with van der Waals surface area (Å²) in [5.74, 6) is -0.403. The molecule has 2 atom stereocenters. The number of likely N-dealkylation sites (tertiary alicyclic amines) is 1. The van der Waals surface area contributed by atoms with Gasteiger partial charge in [-0.05, 0) is 12.8 Å². The Balaban J connectivity index is 1.86. The number of hydrogen-bond donors (Lipinski definition) is 1. The lowest BCUT2D eigenvalue weighted by molar-refractivity contribution is -0.159. The van der Waals surface area contributed by atoms with Crippen molar-refractivity contribution in [2.24, 2.45) is 0 Å². The maximum Gasteiger partial charge on any atom is 0.406 e. The van der Waals surface area contributed by atoms with Crippen LogP contribution in [0.2, 0.25) is 0 Å². The summed E-state index contributed by atoms with van der Waals surface area (Å²) >= 11 is 0. The topological polar surface area (TPSA) is 47.0 Å². The van der Waals surface area contributed by atoms with Gasteiger partial charge in [-0.3, -0.25) is 14.6 Å². The van der Waals surface area contributed by atoms with Crippen molar-refractivity contribution in [2.75, 3.05) is 45.9 Å². The summed E-state index contributed by atoms with van der Waals surface area (Å²) in [4.78, 5) is 17.2. The third-order valence-electron chi connectivity index (χ3n) is 4.63. The number of piperazine rings is 1. The highest BCUT2D eigenvalue weighted by Crippen LogP contribution is 2.24. The van der Waals surface area contributed by atoms with Gasteiger partial charge in [-0.25, -0.2) is 0 Å². The summed E-state index contributed by atoms with van der Waals surface area (Å²) < 4.78 is 37.3. The first kappa shape index (κ1) is 17.5. The van der Waals surface area contributed by atoms with Crippen molar-refractivity contribution in [1.82, 2.24) is 14.7 Å². The van der Waals surface area contributed by atoms with Crippen LogP contribution in [0.15, 0.2) is 0 Å². The number of carbonyl (C=O) groups excluding carboxylic acids is 1. The second kappa shape index (κ2) is 7.14. The van der Waals surface area contributed by atoms with Crippen LogP contribution in [0.3, 0.4) is 0 Å². The van der Waals surface area contributed by atoms with Crippen molar-refractivity contribution in [1.29, 1.82) is 0 Å². The molecule has 2 aliphatic rings. The van der Waals surface area contributed by atoms with Crippen LogP contribution in [0.4, 0.5) is 13.2 Å². The van der Waals surface area contributed by atoms with Crippen LogP contribution >= 0.6 is 0 Å². The average molecular weight is 323 g/mol. The van der Waals surface area contributed by atoms with E-state index < -0.39 is 24.7 Å². The standard InChI is InChI=1S/C14H24F3N3O2/c1-2-11(9-21)18-5-7-19(8-6-18)12-3-4-20(13(12)22)10-14(15,16)17/h11-12,21H,2-10H2,1H3. The van der Waals surface area contributed by atoms with Crippen molar-refractivity contribution >= 4 is 5.91 Å². The van der Waals surface area contributed by atoms with Gasteiger partial charge in [0.1, 0.15) is 6.54 Å². The number of aliphatic hydroxyl groups is 1. The van der Waals surface area contributed by atoms with E-state index in [1.165, 1.54) is 0 Å². The van der Waals surface area contributed by atoms with E-state index in [2.05, 4.69) is 4.90 Å². The number of rotatable bonds is 5. The summed E-state index contributed by atoms with van der Waals surface area (Å²) in [5.41, 5.74) is 0. The van der Waals surface area contributed by atoms with Gasteiger partial charge in [0.15, 0.2) is 0 Å². The summed E-state index contributed by atoms with van der Waals surface area (Å²) in [6.07, 6.45) is -3.01. The fourth-order valence-electron chi connectivity index (χ4n) is 3.35. The SMILES string of the molecule is CCC(CO)N1CCN(C2CCN(CC(F)(F)F)C2=O)CC1.